The van der Waals surface area contributed by atoms with Crippen molar-refractivity contribution in [1.82, 2.24) is 5.43 Å². The Morgan fingerprint density at radius 3 is 2.54 bits per heavy atom. The van der Waals surface area contributed by atoms with Gasteiger partial charge in [-0.25, -0.2) is 13.8 Å². The number of nitrogens with one attached hydrogen (secondary N) is 1. The van der Waals surface area contributed by atoms with Gasteiger partial charge in [0.05, 0.1) is 25.3 Å². The smallest absolute Gasteiger partial charge is 0.260 e. The highest BCUT2D eigenvalue weighted by Crippen LogP contribution is 2.21. The number of hydrazone groups is 1. The van der Waals surface area contributed by atoms with E-state index in [1.807, 2.05) is 0 Å². The molecule has 7 nitrogen and oxygen atoms in total. The second kappa shape index (κ2) is 8.68. The van der Waals surface area contributed by atoms with Crippen LogP contribution in [0.5, 0.6) is 5.75 Å². The van der Waals surface area contributed by atoms with Crippen LogP contribution in [0, 0.1) is 0 Å². The number of amides is 1. The fourth-order valence-corrected chi connectivity index (χ4v) is 3.10. The number of rotatable bonds is 7. The van der Waals surface area contributed by atoms with Gasteiger partial charge >= 0.3 is 0 Å². The molecule has 0 saturated carbocycles. The number of halogens is 1. The lowest BCUT2D eigenvalue weighted by Crippen LogP contribution is -2.39. The molecule has 2 rings (SSSR count). The molecule has 9 heteroatoms. The maximum atomic E-state index is 12.1. The van der Waals surface area contributed by atoms with Crippen LogP contribution in [0.25, 0.3) is 0 Å². The minimum atomic E-state index is -3.67. The van der Waals surface area contributed by atoms with Gasteiger partial charge < -0.3 is 4.74 Å². The maximum absolute atomic E-state index is 12.1. The summed E-state index contributed by atoms with van der Waals surface area (Å²) in [6, 6.07) is 13.3. The van der Waals surface area contributed by atoms with Gasteiger partial charge in [-0.15, -0.1) is 0 Å². The zero-order valence-electron chi connectivity index (χ0n) is 14.2. The molecule has 2 aromatic rings. The number of anilines is 1. The molecule has 0 unspecified atom stereocenters. The monoisotopic (exact) mass is 395 g/mol. The second-order valence-electron chi connectivity index (χ2n) is 5.32. The Kier molecular flexibility index (Phi) is 6.59. The molecular formula is C17H18ClN3O4S. The summed E-state index contributed by atoms with van der Waals surface area (Å²) in [4.78, 5) is 12.1. The van der Waals surface area contributed by atoms with E-state index >= 15 is 0 Å². The van der Waals surface area contributed by atoms with Crippen molar-refractivity contribution >= 4 is 39.4 Å². The van der Waals surface area contributed by atoms with Crippen LogP contribution in [-0.4, -0.2) is 40.4 Å². The van der Waals surface area contributed by atoms with Gasteiger partial charge in [-0.2, -0.15) is 5.10 Å². The lowest BCUT2D eigenvalue weighted by Gasteiger charge is -2.21. The highest BCUT2D eigenvalue weighted by Gasteiger charge is 2.20. The molecule has 26 heavy (non-hydrogen) atoms. The van der Waals surface area contributed by atoms with Crippen molar-refractivity contribution < 1.29 is 17.9 Å². The molecule has 0 fully saturated rings. The molecule has 0 atom stereocenters. The number of ether oxygens (including phenoxy) is 1. The lowest BCUT2D eigenvalue weighted by molar-refractivity contribution is -0.119. The fourth-order valence-electron chi connectivity index (χ4n) is 2.07. The molecule has 2 aromatic carbocycles. The van der Waals surface area contributed by atoms with Crippen LogP contribution in [0.2, 0.25) is 5.02 Å². The zero-order chi connectivity index (χ0) is 19.2. The Labute approximate surface area is 157 Å². The van der Waals surface area contributed by atoms with Crippen molar-refractivity contribution in [1.29, 1.82) is 0 Å². The van der Waals surface area contributed by atoms with Crippen LogP contribution in [0.1, 0.15) is 5.56 Å². The molecule has 0 bridgehead atoms. The van der Waals surface area contributed by atoms with Crippen molar-refractivity contribution in [2.45, 2.75) is 0 Å². The normalized spacial score (nSPS) is 11.3. The predicted molar refractivity (Wildman–Crippen MR) is 102 cm³/mol. The van der Waals surface area contributed by atoms with E-state index in [-0.39, 0.29) is 0 Å². The molecular weight excluding hydrogens is 378 g/mol. The quantitative estimate of drug-likeness (QED) is 0.575. The molecule has 0 aliphatic rings. The highest BCUT2D eigenvalue weighted by atomic mass is 35.5. The van der Waals surface area contributed by atoms with Gasteiger partial charge in [-0.05, 0) is 48.0 Å². The van der Waals surface area contributed by atoms with E-state index < -0.39 is 22.5 Å². The second-order valence-corrected chi connectivity index (χ2v) is 7.66. The SMILES string of the molecule is COc1ccc(/C=N\NC(=O)CN(c2cccc(Cl)c2)S(C)(=O)=O)cc1. The van der Waals surface area contributed by atoms with Crippen molar-refractivity contribution in [3.8, 4) is 5.75 Å². The van der Waals surface area contributed by atoms with Crippen molar-refractivity contribution in [2.75, 3.05) is 24.2 Å². The van der Waals surface area contributed by atoms with Crippen LogP contribution in [0.15, 0.2) is 53.6 Å². The highest BCUT2D eigenvalue weighted by molar-refractivity contribution is 7.92. The Balaban J connectivity index is 2.04. The van der Waals surface area contributed by atoms with Gasteiger partial charge in [0, 0.05) is 5.02 Å². The van der Waals surface area contributed by atoms with Crippen molar-refractivity contribution in [3.63, 3.8) is 0 Å². The first-order valence-electron chi connectivity index (χ1n) is 7.49. The predicted octanol–water partition coefficient (Wildman–Crippen LogP) is 2.26. The summed E-state index contributed by atoms with van der Waals surface area (Å²) in [5.41, 5.74) is 3.36. The van der Waals surface area contributed by atoms with Gasteiger partial charge in [-0.3, -0.25) is 9.10 Å². The van der Waals surface area contributed by atoms with Crippen LogP contribution in [0.3, 0.4) is 0 Å². The number of sulfonamides is 1. The first-order valence-corrected chi connectivity index (χ1v) is 9.71. The van der Waals surface area contributed by atoms with Gasteiger partial charge in [0.25, 0.3) is 5.91 Å². The first kappa shape index (κ1) is 19.7. The number of carbonyl (C=O) groups excluding carboxylic acids is 1. The van der Waals surface area contributed by atoms with Gasteiger partial charge in [0.1, 0.15) is 12.3 Å². The largest absolute Gasteiger partial charge is 0.497 e. The Hall–Kier alpha value is -2.58. The Morgan fingerprint density at radius 2 is 1.96 bits per heavy atom. The van der Waals surface area contributed by atoms with Crippen LogP contribution in [0.4, 0.5) is 5.69 Å². The molecule has 0 aliphatic carbocycles. The van der Waals surface area contributed by atoms with Crippen LogP contribution >= 0.6 is 11.6 Å². The summed E-state index contributed by atoms with van der Waals surface area (Å²) in [5, 5.41) is 4.20. The Morgan fingerprint density at radius 1 is 1.27 bits per heavy atom. The van der Waals surface area contributed by atoms with E-state index in [1.54, 1.807) is 49.6 Å². The van der Waals surface area contributed by atoms with Crippen LogP contribution < -0.4 is 14.5 Å². The maximum Gasteiger partial charge on any atom is 0.260 e. The summed E-state index contributed by atoms with van der Waals surface area (Å²) in [6.45, 7) is -0.418. The Bertz CT molecular complexity index is 898. The van der Waals surface area contributed by atoms with Crippen molar-refractivity contribution in [2.24, 2.45) is 5.10 Å². The number of carbonyl (C=O) groups is 1. The van der Waals surface area contributed by atoms with E-state index in [4.69, 9.17) is 16.3 Å². The minimum absolute atomic E-state index is 0.300. The third kappa shape index (κ3) is 5.75. The van der Waals surface area contributed by atoms with Gasteiger partial charge in [-0.1, -0.05) is 17.7 Å². The third-order valence-corrected chi connectivity index (χ3v) is 4.68. The summed E-state index contributed by atoms with van der Waals surface area (Å²) in [6.07, 6.45) is 2.46. The van der Waals surface area contributed by atoms with Crippen molar-refractivity contribution in [3.05, 3.63) is 59.1 Å². The van der Waals surface area contributed by atoms with E-state index in [0.717, 1.165) is 16.1 Å². The molecule has 0 saturated heterocycles. The summed E-state index contributed by atoms with van der Waals surface area (Å²) in [7, 11) is -2.10. The molecule has 0 aliphatic heterocycles. The number of benzene rings is 2. The summed E-state index contributed by atoms with van der Waals surface area (Å²) >= 11 is 5.89. The number of methoxy groups -OCH3 is 1. The molecule has 138 valence electrons. The summed E-state index contributed by atoms with van der Waals surface area (Å²) < 4.78 is 30.0. The van der Waals surface area contributed by atoms with E-state index in [0.29, 0.717) is 16.5 Å². The average molecular weight is 396 g/mol. The number of nitrogens with zero attached hydrogens (tertiary/aromatic N) is 2. The van der Waals surface area contributed by atoms with Crippen LogP contribution in [-0.2, 0) is 14.8 Å². The average Bonchev–Trinajstić information content (AvgIpc) is 2.59. The number of hydrogen-bond acceptors (Lipinski definition) is 5. The molecule has 0 aromatic heterocycles. The van der Waals surface area contributed by atoms with E-state index in [1.165, 1.54) is 12.3 Å². The molecule has 1 N–H and O–H groups in total. The minimum Gasteiger partial charge on any atom is -0.497 e. The van der Waals surface area contributed by atoms with Gasteiger partial charge in [0.2, 0.25) is 10.0 Å². The topological polar surface area (TPSA) is 88.1 Å². The lowest BCUT2D eigenvalue weighted by atomic mass is 10.2. The van der Waals surface area contributed by atoms with Gasteiger partial charge in [0.15, 0.2) is 0 Å². The zero-order valence-corrected chi connectivity index (χ0v) is 15.8. The molecule has 0 radical (unpaired) electrons. The molecule has 1 amide bonds. The van der Waals surface area contributed by atoms with E-state index in [9.17, 15) is 13.2 Å². The first-order chi connectivity index (χ1) is 12.3. The molecule has 0 spiro atoms. The number of hydrogen-bond donors (Lipinski definition) is 1. The standard InChI is InChI=1S/C17H18ClN3O4S/c1-25-16-8-6-13(7-9-16)11-19-20-17(22)12-21(26(2,23)24)15-5-3-4-14(18)10-15/h3-11H,12H2,1-2H3,(H,20,22)/b19-11-. The summed E-state index contributed by atoms with van der Waals surface area (Å²) in [5.74, 6) is 0.122. The van der Waals surface area contributed by atoms with E-state index in [2.05, 4.69) is 10.5 Å². The third-order valence-electron chi connectivity index (χ3n) is 3.30. The molecule has 0 heterocycles. The fraction of sp³-hybridized carbons (Fsp3) is 0.176.